The summed E-state index contributed by atoms with van der Waals surface area (Å²) in [5.41, 5.74) is 6.95. The van der Waals surface area contributed by atoms with Crippen molar-refractivity contribution in [3.8, 4) is 5.69 Å². The van der Waals surface area contributed by atoms with Crippen LogP contribution >= 0.6 is 0 Å². The fourth-order valence-corrected chi connectivity index (χ4v) is 4.38. The van der Waals surface area contributed by atoms with Crippen LogP contribution in [0.4, 0.5) is 0 Å². The molecule has 2 aromatic rings. The average molecular weight is 321 g/mol. The highest BCUT2D eigenvalue weighted by molar-refractivity contribution is 5.62. The van der Waals surface area contributed by atoms with E-state index < -0.39 is 0 Å². The zero-order valence-electron chi connectivity index (χ0n) is 15.0. The van der Waals surface area contributed by atoms with E-state index in [1.807, 2.05) is 0 Å². The highest BCUT2D eigenvalue weighted by Crippen LogP contribution is 2.49. The number of nitrogens with one attached hydrogen (secondary N) is 1. The Kier molecular flexibility index (Phi) is 3.84. The highest BCUT2D eigenvalue weighted by Gasteiger charge is 2.45. The third kappa shape index (κ3) is 2.42. The number of hydrogen-bond donors (Lipinski definition) is 1. The van der Waals surface area contributed by atoms with Crippen molar-refractivity contribution in [1.29, 1.82) is 0 Å². The summed E-state index contributed by atoms with van der Waals surface area (Å²) in [6, 6.07) is 9.23. The number of aromatic nitrogens is 2. The standard InChI is InChI=1S/C21H27N3/c1-4-11-22-20-10-7-17-12-19-16(13-21(17,20)3)14-23-24(19)18-8-5-15(2)6-9-18/h5-6,8-9,12,14,20,22H,4,7,10-11,13H2,1-3H3/t20-,21-/m0/s1. The van der Waals surface area contributed by atoms with Gasteiger partial charge in [0, 0.05) is 11.5 Å². The van der Waals surface area contributed by atoms with Crippen LogP contribution in [0.3, 0.4) is 0 Å². The highest BCUT2D eigenvalue weighted by atomic mass is 15.3. The van der Waals surface area contributed by atoms with E-state index in [0.29, 0.717) is 6.04 Å². The van der Waals surface area contributed by atoms with Crippen LogP contribution < -0.4 is 5.32 Å². The Balaban J connectivity index is 1.69. The molecular formula is C21H27N3. The lowest BCUT2D eigenvalue weighted by atomic mass is 9.73. The SMILES string of the molecule is CCCN[C@H]1CCC2=Cc3c(cnn3-c3ccc(C)cc3)C[C@@]21C. The van der Waals surface area contributed by atoms with Crippen molar-refractivity contribution in [1.82, 2.24) is 15.1 Å². The van der Waals surface area contributed by atoms with E-state index >= 15 is 0 Å². The predicted molar refractivity (Wildman–Crippen MR) is 99.4 cm³/mol. The third-order valence-electron chi connectivity index (χ3n) is 5.88. The quantitative estimate of drug-likeness (QED) is 0.910. The van der Waals surface area contributed by atoms with E-state index in [1.54, 1.807) is 5.57 Å². The molecule has 1 fully saturated rings. The van der Waals surface area contributed by atoms with Gasteiger partial charge in [-0.1, -0.05) is 37.1 Å². The number of rotatable bonds is 4. The summed E-state index contributed by atoms with van der Waals surface area (Å²) in [6.07, 6.45) is 9.24. The Morgan fingerprint density at radius 3 is 2.83 bits per heavy atom. The van der Waals surface area contributed by atoms with Crippen molar-refractivity contribution in [2.24, 2.45) is 5.41 Å². The van der Waals surface area contributed by atoms with Gasteiger partial charge >= 0.3 is 0 Å². The van der Waals surface area contributed by atoms with Crippen LogP contribution in [0.25, 0.3) is 11.8 Å². The van der Waals surface area contributed by atoms with Crippen molar-refractivity contribution in [2.75, 3.05) is 6.54 Å². The Bertz CT molecular complexity index is 769. The third-order valence-corrected chi connectivity index (χ3v) is 5.88. The molecule has 0 bridgehead atoms. The Labute approximate surface area is 144 Å². The van der Waals surface area contributed by atoms with Gasteiger partial charge in [0.05, 0.1) is 17.6 Å². The van der Waals surface area contributed by atoms with Crippen molar-refractivity contribution < 1.29 is 0 Å². The summed E-state index contributed by atoms with van der Waals surface area (Å²) in [5.74, 6) is 0. The minimum atomic E-state index is 0.253. The first-order chi connectivity index (χ1) is 11.6. The summed E-state index contributed by atoms with van der Waals surface area (Å²) in [5, 5.41) is 8.47. The maximum atomic E-state index is 4.69. The average Bonchev–Trinajstić information content (AvgIpc) is 3.11. The Morgan fingerprint density at radius 2 is 2.08 bits per heavy atom. The van der Waals surface area contributed by atoms with Crippen LogP contribution in [0.15, 0.2) is 36.0 Å². The molecule has 2 aliphatic carbocycles. The molecule has 3 nitrogen and oxygen atoms in total. The topological polar surface area (TPSA) is 29.9 Å². The molecule has 126 valence electrons. The van der Waals surface area contributed by atoms with E-state index in [0.717, 1.165) is 18.7 Å². The van der Waals surface area contributed by atoms with Crippen molar-refractivity contribution in [2.45, 2.75) is 52.5 Å². The second kappa shape index (κ2) is 5.89. The van der Waals surface area contributed by atoms with Crippen LogP contribution in [0.5, 0.6) is 0 Å². The van der Waals surface area contributed by atoms with Gasteiger partial charge in [0.1, 0.15) is 0 Å². The van der Waals surface area contributed by atoms with Gasteiger partial charge in [-0.25, -0.2) is 4.68 Å². The van der Waals surface area contributed by atoms with E-state index in [9.17, 15) is 0 Å². The molecule has 0 aliphatic heterocycles. The molecule has 1 saturated carbocycles. The van der Waals surface area contributed by atoms with Gasteiger partial charge in [0.25, 0.3) is 0 Å². The van der Waals surface area contributed by atoms with E-state index in [1.165, 1.54) is 36.1 Å². The molecule has 2 atom stereocenters. The van der Waals surface area contributed by atoms with Crippen LogP contribution in [-0.4, -0.2) is 22.4 Å². The van der Waals surface area contributed by atoms with Crippen molar-refractivity contribution >= 4 is 6.08 Å². The first kappa shape index (κ1) is 15.6. The van der Waals surface area contributed by atoms with Gasteiger partial charge in [-0.3, -0.25) is 0 Å². The van der Waals surface area contributed by atoms with Crippen molar-refractivity contribution in [3.05, 3.63) is 52.9 Å². The molecule has 0 saturated heterocycles. The first-order valence-corrected chi connectivity index (χ1v) is 9.20. The molecule has 0 unspecified atom stereocenters. The van der Waals surface area contributed by atoms with Gasteiger partial charge in [-0.05, 0) is 62.9 Å². The molecule has 0 radical (unpaired) electrons. The van der Waals surface area contributed by atoms with Gasteiger partial charge in [-0.2, -0.15) is 5.10 Å². The molecular weight excluding hydrogens is 294 g/mol. The van der Waals surface area contributed by atoms with E-state index in [4.69, 9.17) is 5.10 Å². The normalized spacial score (nSPS) is 25.3. The number of fused-ring (bicyclic) bond motifs is 2. The Hall–Kier alpha value is -1.87. The minimum absolute atomic E-state index is 0.253. The Morgan fingerprint density at radius 1 is 1.29 bits per heavy atom. The lowest BCUT2D eigenvalue weighted by Gasteiger charge is -2.36. The maximum Gasteiger partial charge on any atom is 0.0700 e. The van der Waals surface area contributed by atoms with Crippen LogP contribution in [0.2, 0.25) is 0 Å². The molecule has 1 heterocycles. The number of benzene rings is 1. The summed E-state index contributed by atoms with van der Waals surface area (Å²) >= 11 is 0. The molecule has 4 rings (SSSR count). The lowest BCUT2D eigenvalue weighted by Crippen LogP contribution is -2.42. The second-order valence-electron chi connectivity index (χ2n) is 7.61. The smallest absolute Gasteiger partial charge is 0.0700 e. The monoisotopic (exact) mass is 321 g/mol. The van der Waals surface area contributed by atoms with Gasteiger partial charge in [0.15, 0.2) is 0 Å². The second-order valence-corrected chi connectivity index (χ2v) is 7.61. The first-order valence-electron chi connectivity index (χ1n) is 9.20. The molecule has 24 heavy (non-hydrogen) atoms. The summed E-state index contributed by atoms with van der Waals surface area (Å²) in [6.45, 7) is 7.91. The summed E-state index contributed by atoms with van der Waals surface area (Å²) < 4.78 is 2.11. The van der Waals surface area contributed by atoms with E-state index in [-0.39, 0.29) is 5.41 Å². The fraction of sp³-hybridized carbons (Fsp3) is 0.476. The number of aryl methyl sites for hydroxylation is 1. The van der Waals surface area contributed by atoms with Gasteiger partial charge in [-0.15, -0.1) is 0 Å². The summed E-state index contributed by atoms with van der Waals surface area (Å²) in [7, 11) is 0. The van der Waals surface area contributed by atoms with Gasteiger partial charge < -0.3 is 5.32 Å². The molecule has 1 aromatic carbocycles. The van der Waals surface area contributed by atoms with Crippen molar-refractivity contribution in [3.63, 3.8) is 0 Å². The zero-order valence-corrected chi connectivity index (χ0v) is 15.0. The summed E-state index contributed by atoms with van der Waals surface area (Å²) in [4.78, 5) is 0. The van der Waals surface area contributed by atoms with Crippen LogP contribution in [-0.2, 0) is 6.42 Å². The molecule has 3 heteroatoms. The van der Waals surface area contributed by atoms with Crippen LogP contribution in [0, 0.1) is 12.3 Å². The maximum absolute atomic E-state index is 4.69. The zero-order chi connectivity index (χ0) is 16.7. The van der Waals surface area contributed by atoms with Gasteiger partial charge in [0.2, 0.25) is 0 Å². The minimum Gasteiger partial charge on any atom is -0.313 e. The van der Waals surface area contributed by atoms with E-state index in [2.05, 4.69) is 67.3 Å². The largest absolute Gasteiger partial charge is 0.313 e. The molecule has 0 amide bonds. The lowest BCUT2D eigenvalue weighted by molar-refractivity contribution is 0.296. The molecule has 1 aromatic heterocycles. The van der Waals surface area contributed by atoms with Crippen LogP contribution in [0.1, 0.15) is 49.9 Å². The predicted octanol–water partition coefficient (Wildman–Crippen LogP) is 4.29. The molecule has 2 aliphatic rings. The molecule has 1 N–H and O–H groups in total. The number of hydrogen-bond acceptors (Lipinski definition) is 2. The fourth-order valence-electron chi connectivity index (χ4n) is 4.38. The molecule has 0 spiro atoms. The number of nitrogens with zero attached hydrogens (tertiary/aromatic N) is 2.